The molecule has 472 valence electrons. The number of unbranched alkanes of at least 4 members (excludes halogenated alkanes) is 1. The number of nitrogens with two attached hydrogens (primary N) is 1. The van der Waals surface area contributed by atoms with Crippen molar-refractivity contribution in [1.29, 1.82) is 0 Å². The number of ether oxygens (including phenoxy) is 2. The van der Waals surface area contributed by atoms with Crippen molar-refractivity contribution in [1.82, 2.24) is 35.4 Å². The van der Waals surface area contributed by atoms with Gasteiger partial charge in [-0.15, -0.1) is 12.4 Å². The normalized spacial score (nSPS) is 10.7. The Morgan fingerprint density at radius 2 is 0.956 bits per heavy atom. The van der Waals surface area contributed by atoms with E-state index >= 15 is 0 Å². The molecular formula is C70H77Cl4N9O4S3. The lowest BCUT2D eigenvalue weighted by Crippen LogP contribution is -2.40. The van der Waals surface area contributed by atoms with Crippen LogP contribution in [-0.4, -0.2) is 96.0 Å². The molecule has 0 saturated heterocycles. The van der Waals surface area contributed by atoms with Gasteiger partial charge >= 0.3 is 12.2 Å². The zero-order valence-electron chi connectivity index (χ0n) is 51.5. The zero-order valence-corrected chi connectivity index (χ0v) is 57.0. The summed E-state index contributed by atoms with van der Waals surface area (Å²) in [6, 6.07) is 47.9. The van der Waals surface area contributed by atoms with Crippen LogP contribution >= 0.6 is 83.9 Å². The van der Waals surface area contributed by atoms with E-state index in [1.807, 2.05) is 163 Å². The molecule has 9 rings (SSSR count). The summed E-state index contributed by atoms with van der Waals surface area (Å²) >= 11 is 34.2. The molecule has 0 bridgehead atoms. The molecule has 0 aliphatic carbocycles. The molecule has 0 aliphatic rings. The Bertz CT molecular complexity index is 3840. The minimum Gasteiger partial charge on any atom is -0.444 e. The van der Waals surface area contributed by atoms with Crippen LogP contribution in [0.1, 0.15) is 82.2 Å². The van der Waals surface area contributed by atoms with Crippen molar-refractivity contribution >= 4 is 149 Å². The minimum atomic E-state index is -0.536. The van der Waals surface area contributed by atoms with Gasteiger partial charge in [-0.25, -0.2) is 9.59 Å². The number of hydrogen-bond donors (Lipinski definition) is 3. The number of aryl methyl sites for hydroxylation is 1. The fraction of sp³-hybridized carbons (Fsp3) is 0.286. The largest absolute Gasteiger partial charge is 0.444 e. The minimum absolute atomic E-state index is 0. The van der Waals surface area contributed by atoms with Gasteiger partial charge in [0.25, 0.3) is 0 Å². The third-order valence-electron chi connectivity index (χ3n) is 13.0. The number of rotatable bonds is 19. The summed E-state index contributed by atoms with van der Waals surface area (Å²) in [5, 5.41) is 16.8. The number of nitrogens with one attached hydrogen (secondary N) is 2. The van der Waals surface area contributed by atoms with Crippen LogP contribution in [-0.2, 0) is 41.8 Å². The quantitative estimate of drug-likeness (QED) is 0.0399. The van der Waals surface area contributed by atoms with Gasteiger partial charge in [0.1, 0.15) is 11.2 Å². The van der Waals surface area contributed by atoms with Crippen LogP contribution in [0.5, 0.6) is 0 Å². The zero-order chi connectivity index (χ0) is 64.2. The first kappa shape index (κ1) is 73.5. The monoisotopic (exact) mass is 1340 g/mol. The predicted molar refractivity (Wildman–Crippen MR) is 385 cm³/mol. The Labute approximate surface area is 566 Å². The third-order valence-corrected chi connectivity index (χ3v) is 14.6. The number of thiocarbonyl (C=S) groups is 3. The molecule has 0 spiro atoms. The van der Waals surface area contributed by atoms with Gasteiger partial charge in [-0.05, 0) is 184 Å². The van der Waals surface area contributed by atoms with Crippen molar-refractivity contribution in [3.63, 3.8) is 0 Å². The molecule has 0 aliphatic heterocycles. The number of aromatic nitrogens is 3. The summed E-state index contributed by atoms with van der Waals surface area (Å²) in [7, 11) is 0. The molecule has 90 heavy (non-hydrogen) atoms. The number of amides is 2. The van der Waals surface area contributed by atoms with E-state index in [-0.39, 0.29) is 18.5 Å². The molecule has 0 fully saturated rings. The Morgan fingerprint density at radius 1 is 0.533 bits per heavy atom. The van der Waals surface area contributed by atoms with Gasteiger partial charge in [-0.1, -0.05) is 138 Å². The fourth-order valence-electron chi connectivity index (χ4n) is 8.96. The topological polar surface area (TPSA) is 160 Å². The van der Waals surface area contributed by atoms with Crippen LogP contribution in [0, 0.1) is 0 Å². The number of nitrogens with zero attached hydrogens (tertiary/aromatic N) is 6. The second kappa shape index (κ2) is 37.8. The van der Waals surface area contributed by atoms with E-state index in [9.17, 15) is 9.59 Å². The predicted octanol–water partition coefficient (Wildman–Crippen LogP) is 17.6. The highest BCUT2D eigenvalue weighted by molar-refractivity contribution is 7.80. The molecule has 3 heterocycles. The summed E-state index contributed by atoms with van der Waals surface area (Å²) in [4.78, 5) is 45.6. The molecule has 3 aromatic heterocycles. The average molecular weight is 1350 g/mol. The van der Waals surface area contributed by atoms with Crippen molar-refractivity contribution in [2.45, 2.75) is 97.9 Å². The number of hydrogen-bond acceptors (Lipinski definition) is 12. The standard InChI is InChI=1S/C25H28ClN3O2S.C20H20ClN3S.C15H22ClNO2.C10H6N2S.ClH/c1-25(2,3)31-24(30)28-11-12-29(17-19-5-4-6-22(26)14-19)23(32)15-18-7-8-21-16-27-10-9-20(21)13-18;21-19-3-1-2-16(11-19)14-24(9-7-22)20(25)12-15-4-5-18-13-23-8-6-17(18)10-15;1-15(2,3)19-14(18)17-10-5-4-7-12-8-6-9-13(16)11-12;13-7-12-10-2-1-9-6-11-4-3-8(9)5-10;/h4-10,13-14,16H,11-12,15,17H2,1-3H3,(H,28,30);1-6,8,10-11,13H,7,9,12,14,22H2;6,8-9,11H,4-5,7,10H2,1-3H3,(H,17,18);1-6H;1H. The van der Waals surface area contributed by atoms with Crippen LogP contribution in [0.4, 0.5) is 15.3 Å². The van der Waals surface area contributed by atoms with Crippen LogP contribution in [0.3, 0.4) is 0 Å². The Hall–Kier alpha value is -7.21. The van der Waals surface area contributed by atoms with E-state index in [4.69, 9.17) is 74.4 Å². The maximum absolute atomic E-state index is 12.0. The first-order valence-electron chi connectivity index (χ1n) is 29.1. The highest BCUT2D eigenvalue weighted by Gasteiger charge is 2.19. The summed E-state index contributed by atoms with van der Waals surface area (Å²) in [5.74, 6) is 0. The van der Waals surface area contributed by atoms with Crippen molar-refractivity contribution in [2.24, 2.45) is 10.7 Å². The molecule has 0 unspecified atom stereocenters. The molecule has 20 heteroatoms. The lowest BCUT2D eigenvalue weighted by atomic mass is 10.1. The Kier molecular flexibility index (Phi) is 30.9. The third kappa shape index (κ3) is 27.5. The first-order valence-corrected chi connectivity index (χ1v) is 31.5. The highest BCUT2D eigenvalue weighted by atomic mass is 35.5. The SMILES string of the molecule is CC(C)(C)OC(=O)NCCCCc1cccc(Cl)c1.CC(C)(C)OC(=O)NCCN(Cc1cccc(Cl)c1)C(=S)Cc1ccc2cnccc2c1.Cl.NCCN(Cc1cccc(Cl)c1)C(=S)Cc1ccc2cnccc2c1.S=C=Nc1ccc2cnccc2c1. The van der Waals surface area contributed by atoms with Gasteiger partial charge in [0.05, 0.1) is 20.8 Å². The Morgan fingerprint density at radius 3 is 1.40 bits per heavy atom. The van der Waals surface area contributed by atoms with E-state index in [0.717, 1.165) is 95.1 Å². The number of fused-ring (bicyclic) bond motifs is 3. The number of halogens is 4. The lowest BCUT2D eigenvalue weighted by Gasteiger charge is -2.26. The van der Waals surface area contributed by atoms with Crippen molar-refractivity contribution in [2.75, 3.05) is 32.7 Å². The van der Waals surface area contributed by atoms with E-state index in [2.05, 4.69) is 106 Å². The smallest absolute Gasteiger partial charge is 0.407 e. The summed E-state index contributed by atoms with van der Waals surface area (Å²) in [6.07, 6.45) is 14.4. The van der Waals surface area contributed by atoms with E-state index < -0.39 is 17.3 Å². The van der Waals surface area contributed by atoms with Gasteiger partial charge in [0.15, 0.2) is 0 Å². The van der Waals surface area contributed by atoms with Crippen LogP contribution in [0.15, 0.2) is 188 Å². The van der Waals surface area contributed by atoms with E-state index in [1.165, 1.54) is 16.5 Å². The maximum Gasteiger partial charge on any atom is 0.407 e. The van der Waals surface area contributed by atoms with Gasteiger partial charge in [0.2, 0.25) is 0 Å². The molecular weight excluding hydrogens is 1270 g/mol. The average Bonchev–Trinajstić information content (AvgIpc) is 1.50. The number of isothiocyanates is 1. The number of aliphatic imine (C=N–C) groups is 1. The number of alkyl carbamates (subject to hydrolysis) is 2. The van der Waals surface area contributed by atoms with Crippen molar-refractivity contribution in [3.05, 3.63) is 226 Å². The second-order valence-corrected chi connectivity index (χ2v) is 25.1. The Balaban J connectivity index is 0.000000227. The maximum atomic E-state index is 12.0. The summed E-state index contributed by atoms with van der Waals surface area (Å²) < 4.78 is 10.5. The molecule has 13 nitrogen and oxygen atoms in total. The van der Waals surface area contributed by atoms with Crippen molar-refractivity contribution < 1.29 is 19.1 Å². The van der Waals surface area contributed by atoms with Crippen LogP contribution in [0.25, 0.3) is 32.3 Å². The van der Waals surface area contributed by atoms with Crippen LogP contribution < -0.4 is 16.4 Å². The highest BCUT2D eigenvalue weighted by Crippen LogP contribution is 2.22. The number of carbonyl (C=O) groups excluding carboxylic acids is 2. The van der Waals surface area contributed by atoms with Crippen molar-refractivity contribution in [3.8, 4) is 0 Å². The van der Waals surface area contributed by atoms with Crippen LogP contribution in [0.2, 0.25) is 15.1 Å². The van der Waals surface area contributed by atoms with E-state index in [0.29, 0.717) is 57.1 Å². The molecule has 0 radical (unpaired) electrons. The second-order valence-electron chi connectivity index (χ2n) is 22.7. The summed E-state index contributed by atoms with van der Waals surface area (Å²) in [6.45, 7) is 15.3. The number of carbonyl (C=O) groups is 2. The molecule has 9 aromatic rings. The molecule has 0 saturated carbocycles. The fourth-order valence-corrected chi connectivity index (χ4v) is 10.3. The first-order chi connectivity index (χ1) is 42.6. The number of benzene rings is 6. The molecule has 6 aromatic carbocycles. The van der Waals surface area contributed by atoms with E-state index in [1.54, 1.807) is 12.4 Å². The molecule has 0 atom stereocenters. The van der Waals surface area contributed by atoms with Gasteiger partial charge < -0.3 is 35.6 Å². The molecule has 4 N–H and O–H groups in total. The lowest BCUT2D eigenvalue weighted by molar-refractivity contribution is 0.0514. The number of pyridine rings is 3. The van der Waals surface area contributed by atoms with Gasteiger partial charge in [0, 0.05) is 127 Å². The van der Waals surface area contributed by atoms with Gasteiger partial charge in [-0.3, -0.25) is 15.0 Å². The molecule has 2 amide bonds. The summed E-state index contributed by atoms with van der Waals surface area (Å²) in [5.41, 5.74) is 11.4. The van der Waals surface area contributed by atoms with Gasteiger partial charge in [-0.2, -0.15) is 4.99 Å².